The molecule has 1 atom stereocenters. The molecule has 0 aromatic carbocycles. The summed E-state index contributed by atoms with van der Waals surface area (Å²) in [4.78, 5) is 11.3. The van der Waals surface area contributed by atoms with Gasteiger partial charge in [0.25, 0.3) is 0 Å². The van der Waals surface area contributed by atoms with E-state index in [1.807, 2.05) is 0 Å². The van der Waals surface area contributed by atoms with Gasteiger partial charge in [0.1, 0.15) is 6.04 Å². The van der Waals surface area contributed by atoms with Crippen molar-refractivity contribution in [2.24, 2.45) is 0 Å². The minimum absolute atomic E-state index is 0.190. The number of nitrogens with zero attached hydrogens (tertiary/aromatic N) is 1. The van der Waals surface area contributed by atoms with Gasteiger partial charge in [-0.1, -0.05) is 12.2 Å². The van der Waals surface area contributed by atoms with E-state index in [9.17, 15) is 13.2 Å². The van der Waals surface area contributed by atoms with E-state index in [1.165, 1.54) is 19.4 Å². The summed E-state index contributed by atoms with van der Waals surface area (Å²) < 4.78 is 28.9. The van der Waals surface area contributed by atoms with Gasteiger partial charge in [0.2, 0.25) is 10.0 Å². The number of carbonyl (C=O) groups excluding carboxylic acids is 1. The zero-order chi connectivity index (χ0) is 11.5. The maximum absolute atomic E-state index is 11.7. The number of sulfonamides is 1. The maximum atomic E-state index is 11.7. The largest absolute Gasteiger partial charge is 0.467 e. The Balaban J connectivity index is 2.89. The van der Waals surface area contributed by atoms with E-state index in [1.54, 1.807) is 6.08 Å². The molecule has 0 bridgehead atoms. The summed E-state index contributed by atoms with van der Waals surface area (Å²) in [6.07, 6.45) is 4.65. The number of hydrogen-bond acceptors (Lipinski definition) is 4. The molecule has 0 aliphatic carbocycles. The summed E-state index contributed by atoms with van der Waals surface area (Å²) in [6, 6.07) is -0.764. The third-order valence-corrected chi connectivity index (χ3v) is 3.72. The fourth-order valence-corrected chi connectivity index (χ4v) is 2.66. The predicted molar refractivity (Wildman–Crippen MR) is 55.4 cm³/mol. The zero-order valence-electron chi connectivity index (χ0n) is 8.42. The Kier molecular flexibility index (Phi) is 3.52. The fourth-order valence-electron chi connectivity index (χ4n) is 1.36. The highest BCUT2D eigenvalue weighted by Gasteiger charge is 2.34. The van der Waals surface area contributed by atoms with Gasteiger partial charge in [0.15, 0.2) is 0 Å². The van der Waals surface area contributed by atoms with Crippen molar-refractivity contribution in [1.82, 2.24) is 4.31 Å². The second-order valence-electron chi connectivity index (χ2n) is 3.06. The summed E-state index contributed by atoms with van der Waals surface area (Å²) in [5.74, 6) is -0.738. The highest BCUT2D eigenvalue weighted by Crippen LogP contribution is 2.20. The number of rotatable bonds is 4. The van der Waals surface area contributed by atoms with Gasteiger partial charge in [-0.25, -0.2) is 13.2 Å². The van der Waals surface area contributed by atoms with Crippen LogP contribution in [-0.4, -0.2) is 37.6 Å². The molecule has 1 rings (SSSR count). The van der Waals surface area contributed by atoms with Crippen molar-refractivity contribution >= 4 is 16.0 Å². The number of hydrogen-bond donors (Lipinski definition) is 0. The molecule has 0 spiro atoms. The second-order valence-corrected chi connectivity index (χ2v) is 4.98. The molecule has 1 unspecified atom stereocenters. The topological polar surface area (TPSA) is 63.7 Å². The SMILES string of the molecule is C=CCS(=O)(=O)N1C=CCC1C(=O)OC. The van der Waals surface area contributed by atoms with E-state index in [-0.39, 0.29) is 5.75 Å². The molecule has 0 N–H and O–H groups in total. The van der Waals surface area contributed by atoms with Crippen LogP contribution >= 0.6 is 0 Å². The quantitative estimate of drug-likeness (QED) is 0.514. The van der Waals surface area contributed by atoms with Crippen molar-refractivity contribution in [3.63, 3.8) is 0 Å². The average Bonchev–Trinajstić information content (AvgIpc) is 2.65. The molecule has 0 saturated heterocycles. The smallest absolute Gasteiger partial charge is 0.329 e. The molecule has 0 saturated carbocycles. The van der Waals surface area contributed by atoms with Crippen molar-refractivity contribution in [2.45, 2.75) is 12.5 Å². The van der Waals surface area contributed by atoms with Gasteiger partial charge >= 0.3 is 5.97 Å². The van der Waals surface area contributed by atoms with Gasteiger partial charge in [-0.15, -0.1) is 6.58 Å². The summed E-state index contributed by atoms with van der Waals surface area (Å²) in [6.45, 7) is 3.36. The summed E-state index contributed by atoms with van der Waals surface area (Å²) in [5.41, 5.74) is 0. The lowest BCUT2D eigenvalue weighted by molar-refractivity contribution is -0.144. The number of methoxy groups -OCH3 is 1. The van der Waals surface area contributed by atoms with Gasteiger partial charge in [-0.05, 0) is 6.42 Å². The Morgan fingerprint density at radius 3 is 2.93 bits per heavy atom. The van der Waals surface area contributed by atoms with Crippen LogP contribution < -0.4 is 0 Å². The van der Waals surface area contributed by atoms with Crippen LogP contribution in [0.15, 0.2) is 24.9 Å². The van der Waals surface area contributed by atoms with Gasteiger partial charge in [-0.2, -0.15) is 0 Å². The highest BCUT2D eigenvalue weighted by atomic mass is 32.2. The molecular weight excluding hydrogens is 218 g/mol. The molecule has 15 heavy (non-hydrogen) atoms. The minimum atomic E-state index is -3.49. The zero-order valence-corrected chi connectivity index (χ0v) is 9.24. The first kappa shape index (κ1) is 11.8. The Morgan fingerprint density at radius 2 is 2.40 bits per heavy atom. The van der Waals surface area contributed by atoms with Crippen LogP contribution in [0.2, 0.25) is 0 Å². The van der Waals surface area contributed by atoms with Gasteiger partial charge in [0.05, 0.1) is 12.9 Å². The Morgan fingerprint density at radius 1 is 1.73 bits per heavy atom. The molecule has 0 aromatic heterocycles. The molecule has 0 fully saturated rings. The van der Waals surface area contributed by atoms with E-state index in [0.717, 1.165) is 4.31 Å². The highest BCUT2D eigenvalue weighted by molar-refractivity contribution is 7.89. The summed E-state index contributed by atoms with van der Waals surface area (Å²) in [5, 5.41) is 0. The number of carbonyl (C=O) groups is 1. The first-order valence-electron chi connectivity index (χ1n) is 4.39. The summed E-state index contributed by atoms with van der Waals surface area (Å²) in [7, 11) is -2.25. The van der Waals surface area contributed by atoms with Crippen LogP contribution in [0.4, 0.5) is 0 Å². The molecule has 1 heterocycles. The van der Waals surface area contributed by atoms with Crippen molar-refractivity contribution < 1.29 is 17.9 Å². The normalized spacial score (nSPS) is 20.3. The molecule has 6 heteroatoms. The fraction of sp³-hybridized carbons (Fsp3) is 0.444. The Bertz CT molecular complexity index is 385. The van der Waals surface area contributed by atoms with Gasteiger partial charge < -0.3 is 4.74 Å². The first-order valence-corrected chi connectivity index (χ1v) is 6.00. The second kappa shape index (κ2) is 4.48. The van der Waals surface area contributed by atoms with Crippen LogP contribution in [0.5, 0.6) is 0 Å². The van der Waals surface area contributed by atoms with Crippen LogP contribution in [0, 0.1) is 0 Å². The van der Waals surface area contributed by atoms with Crippen LogP contribution in [-0.2, 0) is 19.6 Å². The standard InChI is InChI=1S/C9H13NO4S/c1-3-7-15(12,13)10-6-4-5-8(10)9(11)14-2/h3-4,6,8H,1,5,7H2,2H3. The molecule has 5 nitrogen and oxygen atoms in total. The molecular formula is C9H13NO4S. The third kappa shape index (κ3) is 2.38. The van der Waals surface area contributed by atoms with Gasteiger partial charge in [0, 0.05) is 6.20 Å². The van der Waals surface area contributed by atoms with Crippen LogP contribution in [0.25, 0.3) is 0 Å². The molecule has 0 radical (unpaired) electrons. The van der Waals surface area contributed by atoms with E-state index in [2.05, 4.69) is 11.3 Å². The van der Waals surface area contributed by atoms with Crippen LogP contribution in [0.3, 0.4) is 0 Å². The monoisotopic (exact) mass is 231 g/mol. The van der Waals surface area contributed by atoms with E-state index < -0.39 is 22.0 Å². The predicted octanol–water partition coefficient (Wildman–Crippen LogP) is 0.263. The van der Waals surface area contributed by atoms with Gasteiger partial charge in [-0.3, -0.25) is 4.31 Å². The van der Waals surface area contributed by atoms with E-state index in [0.29, 0.717) is 6.42 Å². The number of ether oxygens (including phenoxy) is 1. The van der Waals surface area contributed by atoms with Crippen molar-refractivity contribution in [2.75, 3.05) is 12.9 Å². The lowest BCUT2D eigenvalue weighted by Gasteiger charge is -2.22. The molecule has 0 amide bonds. The molecule has 1 aliphatic rings. The molecule has 0 aromatic rings. The Labute approximate surface area is 89.1 Å². The lowest BCUT2D eigenvalue weighted by Crippen LogP contribution is -2.40. The van der Waals surface area contributed by atoms with Crippen molar-refractivity contribution in [1.29, 1.82) is 0 Å². The van der Waals surface area contributed by atoms with Crippen molar-refractivity contribution in [3.05, 3.63) is 24.9 Å². The molecule has 84 valence electrons. The van der Waals surface area contributed by atoms with E-state index >= 15 is 0 Å². The average molecular weight is 231 g/mol. The van der Waals surface area contributed by atoms with Crippen molar-refractivity contribution in [3.8, 4) is 0 Å². The molecule has 1 aliphatic heterocycles. The Hall–Kier alpha value is -1.30. The lowest BCUT2D eigenvalue weighted by atomic mass is 10.2. The van der Waals surface area contributed by atoms with E-state index in [4.69, 9.17) is 0 Å². The number of esters is 1. The third-order valence-electron chi connectivity index (χ3n) is 2.04. The summed E-state index contributed by atoms with van der Waals surface area (Å²) >= 11 is 0. The minimum Gasteiger partial charge on any atom is -0.467 e. The first-order chi connectivity index (χ1) is 7.03. The maximum Gasteiger partial charge on any atom is 0.329 e. The van der Waals surface area contributed by atoms with Crippen LogP contribution in [0.1, 0.15) is 6.42 Å².